The van der Waals surface area contributed by atoms with E-state index < -0.39 is 39.7 Å². The van der Waals surface area contributed by atoms with Gasteiger partial charge >= 0.3 is 5.97 Å². The maximum Gasteiger partial charge on any atom is 0.336 e. The van der Waals surface area contributed by atoms with E-state index in [1.807, 2.05) is 20.8 Å². The third-order valence-corrected chi connectivity index (χ3v) is 9.72. The van der Waals surface area contributed by atoms with E-state index in [-0.39, 0.29) is 24.7 Å². The van der Waals surface area contributed by atoms with E-state index in [9.17, 15) is 19.8 Å². The average Bonchev–Trinajstić information content (AvgIpc) is 3.25. The van der Waals surface area contributed by atoms with Crippen molar-refractivity contribution in [1.82, 2.24) is 0 Å². The van der Waals surface area contributed by atoms with Gasteiger partial charge in [-0.3, -0.25) is 4.79 Å². The molecule has 6 rings (SSSR count). The van der Waals surface area contributed by atoms with E-state index in [0.717, 1.165) is 24.8 Å². The summed E-state index contributed by atoms with van der Waals surface area (Å²) in [6.07, 6.45) is 2.50. The molecule has 1 heterocycles. The first-order valence-corrected chi connectivity index (χ1v) is 10.5. The van der Waals surface area contributed by atoms with Gasteiger partial charge in [-0.1, -0.05) is 19.4 Å². The van der Waals surface area contributed by atoms with E-state index in [1.165, 1.54) is 0 Å². The van der Waals surface area contributed by atoms with Crippen molar-refractivity contribution in [3.8, 4) is 0 Å². The molecule has 0 aromatic heterocycles. The van der Waals surface area contributed by atoms with Crippen LogP contribution in [0, 0.1) is 22.2 Å². The Kier molecular flexibility index (Phi) is 3.40. The highest BCUT2D eigenvalue weighted by Gasteiger charge is 2.93. The summed E-state index contributed by atoms with van der Waals surface area (Å²) in [7, 11) is 0. The number of allylic oxidation sites excluding steroid dienone is 1. The van der Waals surface area contributed by atoms with Crippen LogP contribution in [0.4, 0.5) is 0 Å². The number of Topliss-reactive ketones (excluding diaryl/α,β-unsaturated/α-hetero) is 1. The predicted molar refractivity (Wildman–Crippen MR) is 99.0 cm³/mol. The number of esters is 1. The number of aliphatic hydroxyl groups is 2. The summed E-state index contributed by atoms with van der Waals surface area (Å²) in [6, 6.07) is 0. The second-order valence-electron chi connectivity index (χ2n) is 10.3. The number of hydrogen-bond donors (Lipinski definition) is 2. The Hall–Kier alpha value is -1.24. The SMILES string of the molecule is CC1=C(C(=O)O[C@]23OC[C@@]4(C)[C@@]5(O)CC[C@@H](C)[C@@]5(CC(=O)[C@@]24C)[C@H]3O)CCC1. The standard InChI is InChI=1S/C22H30O6/c1-12-6-5-7-14(12)16(24)28-22-17(25)20-10-15(23)19(22,4)18(3,11-27-22)21(20,26)9-8-13(20)2/h13,17,25-26H,5-11H2,1-4H3/t13-,17-,18-,19-,20+,21+,22+/m1/s1. The molecule has 28 heavy (non-hydrogen) atoms. The van der Waals surface area contributed by atoms with E-state index in [1.54, 1.807) is 6.92 Å². The molecule has 5 fully saturated rings. The van der Waals surface area contributed by atoms with Crippen LogP contribution >= 0.6 is 0 Å². The fraction of sp³-hybridized carbons (Fsp3) is 0.818. The minimum absolute atomic E-state index is 0.0761. The van der Waals surface area contributed by atoms with E-state index in [0.29, 0.717) is 18.4 Å². The van der Waals surface area contributed by atoms with Gasteiger partial charge in [-0.25, -0.2) is 4.79 Å². The lowest BCUT2D eigenvalue weighted by atomic mass is 9.35. The minimum Gasteiger partial charge on any atom is -0.426 e. The number of hydrogen-bond acceptors (Lipinski definition) is 6. The molecule has 0 unspecified atom stereocenters. The highest BCUT2D eigenvalue weighted by molar-refractivity contribution is 5.94. The Morgan fingerprint density at radius 2 is 2.00 bits per heavy atom. The molecule has 2 N–H and O–H groups in total. The van der Waals surface area contributed by atoms with Crippen LogP contribution in [0.25, 0.3) is 0 Å². The zero-order valence-corrected chi connectivity index (χ0v) is 17.1. The van der Waals surface area contributed by atoms with E-state index in [4.69, 9.17) is 9.47 Å². The molecule has 0 aromatic rings. The molecule has 7 atom stereocenters. The molecule has 5 aliphatic carbocycles. The number of rotatable bonds is 2. The normalized spacial score (nSPS) is 54.4. The molecule has 0 radical (unpaired) electrons. The quantitative estimate of drug-likeness (QED) is 0.703. The van der Waals surface area contributed by atoms with Crippen molar-refractivity contribution in [2.24, 2.45) is 22.2 Å². The van der Waals surface area contributed by atoms with Crippen LogP contribution in [0.2, 0.25) is 0 Å². The monoisotopic (exact) mass is 390 g/mol. The van der Waals surface area contributed by atoms with Crippen LogP contribution in [-0.4, -0.2) is 46.1 Å². The smallest absolute Gasteiger partial charge is 0.336 e. The van der Waals surface area contributed by atoms with Gasteiger partial charge in [0.15, 0.2) is 0 Å². The largest absolute Gasteiger partial charge is 0.426 e. The maximum atomic E-state index is 13.5. The molecule has 6 nitrogen and oxygen atoms in total. The first-order valence-electron chi connectivity index (χ1n) is 10.5. The van der Waals surface area contributed by atoms with Gasteiger partial charge in [-0.2, -0.15) is 0 Å². The molecular weight excluding hydrogens is 360 g/mol. The molecule has 0 amide bonds. The van der Waals surface area contributed by atoms with Gasteiger partial charge in [0.2, 0.25) is 0 Å². The summed E-state index contributed by atoms with van der Waals surface area (Å²) in [6.45, 7) is 7.58. The van der Waals surface area contributed by atoms with E-state index >= 15 is 0 Å². The highest BCUT2D eigenvalue weighted by Crippen LogP contribution is 2.80. The number of ketones is 1. The first kappa shape index (κ1) is 18.8. The first-order chi connectivity index (χ1) is 13.0. The van der Waals surface area contributed by atoms with Crippen molar-refractivity contribution in [1.29, 1.82) is 0 Å². The molecule has 154 valence electrons. The van der Waals surface area contributed by atoms with Crippen molar-refractivity contribution < 1.29 is 29.3 Å². The van der Waals surface area contributed by atoms with Gasteiger partial charge in [0.25, 0.3) is 5.79 Å². The molecule has 6 heteroatoms. The fourth-order valence-corrected chi connectivity index (χ4v) is 7.68. The van der Waals surface area contributed by atoms with Gasteiger partial charge < -0.3 is 19.7 Å². The lowest BCUT2D eigenvalue weighted by Crippen LogP contribution is -2.84. The van der Waals surface area contributed by atoms with E-state index in [2.05, 4.69) is 0 Å². The highest BCUT2D eigenvalue weighted by atomic mass is 16.7. The van der Waals surface area contributed by atoms with Crippen LogP contribution in [0.5, 0.6) is 0 Å². The van der Waals surface area contributed by atoms with Crippen LogP contribution in [-0.2, 0) is 19.1 Å². The Balaban J connectivity index is 1.69. The molecule has 1 spiro atoms. The minimum atomic E-state index is -1.74. The average molecular weight is 390 g/mol. The summed E-state index contributed by atoms with van der Waals surface area (Å²) in [5.74, 6) is -2.39. The number of fused-ring (bicyclic) bond motifs is 1. The number of ether oxygens (including phenoxy) is 2. The van der Waals surface area contributed by atoms with Crippen LogP contribution in [0.1, 0.15) is 66.2 Å². The van der Waals surface area contributed by atoms with Crippen molar-refractivity contribution in [2.45, 2.75) is 83.7 Å². The van der Waals surface area contributed by atoms with Crippen molar-refractivity contribution in [3.63, 3.8) is 0 Å². The summed E-state index contributed by atoms with van der Waals surface area (Å²) >= 11 is 0. The van der Waals surface area contributed by atoms with Gasteiger partial charge in [0.05, 0.1) is 12.2 Å². The topological polar surface area (TPSA) is 93.1 Å². The van der Waals surface area contributed by atoms with Crippen molar-refractivity contribution in [3.05, 3.63) is 11.1 Å². The van der Waals surface area contributed by atoms with Crippen molar-refractivity contribution >= 4 is 11.8 Å². The molecule has 6 aliphatic rings. The molecular formula is C22H30O6. The number of carbonyl (C=O) groups excluding carboxylic acids is 2. The van der Waals surface area contributed by atoms with Gasteiger partial charge in [0.1, 0.15) is 17.3 Å². The van der Waals surface area contributed by atoms with Crippen molar-refractivity contribution in [2.75, 3.05) is 6.61 Å². The molecule has 1 saturated heterocycles. The Morgan fingerprint density at radius 3 is 2.64 bits per heavy atom. The Morgan fingerprint density at radius 1 is 1.29 bits per heavy atom. The Labute approximate surface area is 165 Å². The fourth-order valence-electron chi connectivity index (χ4n) is 7.68. The second-order valence-corrected chi connectivity index (χ2v) is 10.3. The predicted octanol–water partition coefficient (Wildman–Crippen LogP) is 2.26. The van der Waals surface area contributed by atoms with Gasteiger partial charge in [-0.05, 0) is 51.9 Å². The summed E-state index contributed by atoms with van der Waals surface area (Å²) in [5, 5.41) is 23.6. The lowest BCUT2D eigenvalue weighted by Gasteiger charge is -2.70. The molecule has 1 aliphatic heterocycles. The summed E-state index contributed by atoms with van der Waals surface area (Å²) in [5.41, 5.74) is -2.86. The summed E-state index contributed by atoms with van der Waals surface area (Å²) in [4.78, 5) is 26.6. The third-order valence-electron chi connectivity index (χ3n) is 9.72. The Bertz CT molecular complexity index is 833. The van der Waals surface area contributed by atoms with Crippen LogP contribution in [0.15, 0.2) is 11.1 Å². The third kappa shape index (κ3) is 1.52. The van der Waals surface area contributed by atoms with Crippen LogP contribution < -0.4 is 0 Å². The summed E-state index contributed by atoms with van der Waals surface area (Å²) < 4.78 is 12.1. The second kappa shape index (κ2) is 5.08. The molecule has 4 bridgehead atoms. The van der Waals surface area contributed by atoms with Gasteiger partial charge in [0, 0.05) is 22.8 Å². The molecule has 4 saturated carbocycles. The zero-order valence-electron chi connectivity index (χ0n) is 17.1. The molecule has 0 aromatic carbocycles. The lowest BCUT2D eigenvalue weighted by molar-refractivity contribution is -0.369. The van der Waals surface area contributed by atoms with Gasteiger partial charge in [-0.15, -0.1) is 0 Å². The number of carbonyl (C=O) groups is 2. The van der Waals surface area contributed by atoms with Crippen LogP contribution in [0.3, 0.4) is 0 Å². The number of aliphatic hydroxyl groups excluding tert-OH is 1. The maximum absolute atomic E-state index is 13.5. The zero-order chi connectivity index (χ0) is 20.3.